The molecule has 3 aromatic carbocycles. The Morgan fingerprint density at radius 1 is 0.919 bits per heavy atom. The highest BCUT2D eigenvalue weighted by molar-refractivity contribution is 6.36. The van der Waals surface area contributed by atoms with Gasteiger partial charge in [0.2, 0.25) is 5.84 Å². The van der Waals surface area contributed by atoms with E-state index in [0.717, 1.165) is 0 Å². The topological polar surface area (TPSA) is 105 Å². The van der Waals surface area contributed by atoms with Crippen LogP contribution in [0.1, 0.15) is 11.1 Å². The molecule has 0 aliphatic carbocycles. The van der Waals surface area contributed by atoms with E-state index in [9.17, 15) is 9.59 Å². The lowest BCUT2D eigenvalue weighted by Gasteiger charge is -2.19. The number of ether oxygens (including phenoxy) is 1. The lowest BCUT2D eigenvalue weighted by Crippen LogP contribution is -2.40. The maximum absolute atomic E-state index is 12.5. The monoisotopic (exact) mass is 559 g/mol. The average molecular weight is 561 g/mol. The Labute approximate surface area is 227 Å². The number of benzene rings is 3. The van der Waals surface area contributed by atoms with Gasteiger partial charge < -0.3 is 14.5 Å². The molecule has 0 spiro atoms. The molecule has 1 aliphatic rings. The summed E-state index contributed by atoms with van der Waals surface area (Å²) in [5.41, 5.74) is 4.78. The Kier molecular flexibility index (Phi) is 8.17. The Bertz CT molecular complexity index is 1410. The first-order valence-electron chi connectivity index (χ1n) is 10.8. The van der Waals surface area contributed by atoms with Crippen LogP contribution in [0.3, 0.4) is 0 Å². The molecule has 0 fully saturated rings. The van der Waals surface area contributed by atoms with Gasteiger partial charge in [-0.1, -0.05) is 59.1 Å². The summed E-state index contributed by atoms with van der Waals surface area (Å²) in [6.07, 6.45) is -2.89. The second-order valence-corrected chi connectivity index (χ2v) is 9.15. The van der Waals surface area contributed by atoms with Crippen molar-refractivity contribution in [3.05, 3.63) is 92.9 Å². The molecule has 190 valence electrons. The van der Waals surface area contributed by atoms with E-state index < -0.39 is 18.4 Å². The zero-order chi connectivity index (χ0) is 26.5. The van der Waals surface area contributed by atoms with E-state index in [1.807, 2.05) is 0 Å². The normalized spacial score (nSPS) is 14.4. The van der Waals surface area contributed by atoms with Crippen LogP contribution >= 0.6 is 34.8 Å². The number of nitrogens with one attached hydrogen (secondary N) is 2. The molecule has 2 amide bonds. The second-order valence-electron chi connectivity index (χ2n) is 7.87. The van der Waals surface area contributed by atoms with Gasteiger partial charge in [0.05, 0.1) is 11.4 Å². The minimum Gasteiger partial charge on any atom is -0.416 e. The van der Waals surface area contributed by atoms with Gasteiger partial charge in [0.15, 0.2) is 0 Å². The van der Waals surface area contributed by atoms with Crippen LogP contribution in [0.5, 0.6) is 0 Å². The third kappa shape index (κ3) is 6.51. The van der Waals surface area contributed by atoms with Gasteiger partial charge >= 0.3 is 12.2 Å². The van der Waals surface area contributed by atoms with Gasteiger partial charge in [-0.15, -0.1) is 0 Å². The number of aliphatic imine (C=N–C) groups is 2. The van der Waals surface area contributed by atoms with Gasteiger partial charge in [-0.2, -0.15) is 5.48 Å². The number of rotatable bonds is 3. The molecule has 1 atom stereocenters. The molecular weight excluding hydrogens is 541 g/mol. The smallest absolute Gasteiger partial charge is 0.416 e. The SMILES string of the molecule is CN(C)C(=O)OC1N=C(c2ccccc2Cl)c2cc(Cl)ccc2N=C1NOC(=O)Nc1cccc(Cl)c1. The number of hydroxylamine groups is 1. The summed E-state index contributed by atoms with van der Waals surface area (Å²) in [6.45, 7) is 0. The summed E-state index contributed by atoms with van der Waals surface area (Å²) in [4.78, 5) is 40.5. The summed E-state index contributed by atoms with van der Waals surface area (Å²) in [7, 11) is 3.04. The molecule has 12 heteroatoms. The van der Waals surface area contributed by atoms with Crippen molar-refractivity contribution in [2.24, 2.45) is 9.98 Å². The number of hydrogen-bond donors (Lipinski definition) is 2. The van der Waals surface area contributed by atoms with Crippen LogP contribution in [0.4, 0.5) is 21.0 Å². The maximum atomic E-state index is 12.5. The van der Waals surface area contributed by atoms with Gasteiger partial charge in [-0.25, -0.2) is 19.6 Å². The third-order valence-corrected chi connectivity index (χ3v) is 5.76. The first-order chi connectivity index (χ1) is 17.7. The van der Waals surface area contributed by atoms with Crippen molar-refractivity contribution in [3.63, 3.8) is 0 Å². The van der Waals surface area contributed by atoms with Crippen LogP contribution in [-0.2, 0) is 9.57 Å². The number of halogens is 3. The molecule has 4 rings (SSSR count). The summed E-state index contributed by atoms with van der Waals surface area (Å²) in [6, 6.07) is 18.5. The highest BCUT2D eigenvalue weighted by Gasteiger charge is 2.29. The van der Waals surface area contributed by atoms with Gasteiger partial charge in [0.25, 0.3) is 6.23 Å². The highest BCUT2D eigenvalue weighted by Crippen LogP contribution is 2.31. The Balaban J connectivity index is 1.71. The number of hydrogen-bond acceptors (Lipinski definition) is 7. The first-order valence-corrected chi connectivity index (χ1v) is 11.9. The Hall–Kier alpha value is -3.79. The molecular formula is C25H20Cl3N5O4. The standard InChI is InChI=1S/C25H20Cl3N5O4/c1-33(2)25(35)36-23-22(32-37-24(34)29-16-7-5-6-14(26)12-16)30-20-11-10-15(27)13-18(20)21(31-23)17-8-3-4-9-19(17)28/h3-13,23H,1-2H3,(H,29,34)(H,30,32). The van der Waals surface area contributed by atoms with Gasteiger partial charge in [0, 0.05) is 46.0 Å². The number of amidine groups is 1. The van der Waals surface area contributed by atoms with Gasteiger partial charge in [-0.3, -0.25) is 5.32 Å². The van der Waals surface area contributed by atoms with Crippen molar-refractivity contribution in [1.82, 2.24) is 10.4 Å². The molecule has 37 heavy (non-hydrogen) atoms. The molecule has 0 saturated carbocycles. The fourth-order valence-corrected chi connectivity index (χ4v) is 3.85. The number of anilines is 1. The van der Waals surface area contributed by atoms with Crippen molar-refractivity contribution < 1.29 is 19.2 Å². The van der Waals surface area contributed by atoms with E-state index >= 15 is 0 Å². The molecule has 1 heterocycles. The second kappa shape index (κ2) is 11.5. The van der Waals surface area contributed by atoms with Crippen LogP contribution in [0.15, 0.2) is 76.7 Å². The van der Waals surface area contributed by atoms with Crippen molar-refractivity contribution >= 4 is 69.9 Å². The Morgan fingerprint density at radius 2 is 1.68 bits per heavy atom. The molecule has 1 unspecified atom stereocenters. The van der Waals surface area contributed by atoms with Crippen LogP contribution in [-0.4, -0.2) is 49.0 Å². The maximum Gasteiger partial charge on any atom is 0.435 e. The zero-order valence-corrected chi connectivity index (χ0v) is 21.8. The zero-order valence-electron chi connectivity index (χ0n) is 19.5. The van der Waals surface area contributed by atoms with Gasteiger partial charge in [-0.05, 0) is 42.5 Å². The predicted molar refractivity (Wildman–Crippen MR) is 144 cm³/mol. The number of carbonyl (C=O) groups is 2. The molecule has 0 radical (unpaired) electrons. The summed E-state index contributed by atoms with van der Waals surface area (Å²) < 4.78 is 5.57. The summed E-state index contributed by atoms with van der Waals surface area (Å²) in [5, 5.41) is 3.82. The van der Waals surface area contributed by atoms with Crippen LogP contribution in [0, 0.1) is 0 Å². The number of amides is 2. The lowest BCUT2D eigenvalue weighted by molar-refractivity contribution is 0.0927. The summed E-state index contributed by atoms with van der Waals surface area (Å²) in [5.74, 6) is -0.0675. The summed E-state index contributed by atoms with van der Waals surface area (Å²) >= 11 is 18.7. The van der Waals surface area contributed by atoms with Crippen molar-refractivity contribution in [2.75, 3.05) is 19.4 Å². The molecule has 9 nitrogen and oxygen atoms in total. The average Bonchev–Trinajstić information content (AvgIpc) is 2.99. The third-order valence-electron chi connectivity index (χ3n) is 4.96. The van der Waals surface area contributed by atoms with Crippen LogP contribution in [0.2, 0.25) is 15.1 Å². The molecule has 1 aliphatic heterocycles. The van der Waals surface area contributed by atoms with Crippen LogP contribution < -0.4 is 10.8 Å². The molecule has 2 N–H and O–H groups in total. The quantitative estimate of drug-likeness (QED) is 0.366. The van der Waals surface area contributed by atoms with E-state index in [-0.39, 0.29) is 5.84 Å². The number of carbonyl (C=O) groups excluding carboxylic acids is 2. The lowest BCUT2D eigenvalue weighted by atomic mass is 10.0. The largest absolute Gasteiger partial charge is 0.435 e. The van der Waals surface area contributed by atoms with E-state index in [1.54, 1.807) is 66.7 Å². The fourth-order valence-electron chi connectivity index (χ4n) is 3.26. The molecule has 0 aromatic heterocycles. The molecule has 0 bridgehead atoms. The highest BCUT2D eigenvalue weighted by atomic mass is 35.5. The van der Waals surface area contributed by atoms with Crippen molar-refractivity contribution in [3.8, 4) is 0 Å². The first kappa shape index (κ1) is 26.3. The van der Waals surface area contributed by atoms with Crippen molar-refractivity contribution in [2.45, 2.75) is 6.23 Å². The van der Waals surface area contributed by atoms with E-state index in [2.05, 4.69) is 20.8 Å². The minimum absolute atomic E-state index is 0.0675. The predicted octanol–water partition coefficient (Wildman–Crippen LogP) is 6.31. The van der Waals surface area contributed by atoms with E-state index in [4.69, 9.17) is 44.4 Å². The van der Waals surface area contributed by atoms with E-state index in [1.165, 1.54) is 19.0 Å². The van der Waals surface area contributed by atoms with Crippen LogP contribution in [0.25, 0.3) is 0 Å². The number of fused-ring (bicyclic) bond motifs is 1. The van der Waals surface area contributed by atoms with E-state index in [0.29, 0.717) is 43.3 Å². The minimum atomic E-state index is -1.33. The Morgan fingerprint density at radius 3 is 2.41 bits per heavy atom. The van der Waals surface area contributed by atoms with Crippen molar-refractivity contribution in [1.29, 1.82) is 0 Å². The number of nitrogens with zero attached hydrogens (tertiary/aromatic N) is 3. The molecule has 0 saturated heterocycles. The van der Waals surface area contributed by atoms with Gasteiger partial charge in [0.1, 0.15) is 0 Å². The fraction of sp³-hybridized carbons (Fsp3) is 0.120. The molecule has 3 aromatic rings.